The molecule has 0 bridgehead atoms. The van der Waals surface area contributed by atoms with Crippen molar-refractivity contribution in [3.63, 3.8) is 0 Å². The van der Waals surface area contributed by atoms with Crippen molar-refractivity contribution in [1.82, 2.24) is 24.9 Å². The normalized spacial score (nSPS) is 16.9. The third-order valence-electron chi connectivity index (χ3n) is 9.20. The number of aliphatic carboxylic acids is 1. The molecule has 1 saturated carbocycles. The number of hydrogen-bond acceptors (Lipinski definition) is 9. The lowest BCUT2D eigenvalue weighted by molar-refractivity contribution is -0.144. The summed E-state index contributed by atoms with van der Waals surface area (Å²) < 4.78 is 66.1. The van der Waals surface area contributed by atoms with Crippen molar-refractivity contribution in [3.05, 3.63) is 48.0 Å². The summed E-state index contributed by atoms with van der Waals surface area (Å²) in [6, 6.07) is 4.56. The Hall–Kier alpha value is -4.37. The summed E-state index contributed by atoms with van der Waals surface area (Å²) in [4.78, 5) is 36.7. The second kappa shape index (κ2) is 13.6. The number of nitrogens with one attached hydrogen (secondary N) is 1. The Balaban J connectivity index is 1.32. The number of alkyl halides is 3. The molecule has 6 rings (SSSR count). The Bertz CT molecular complexity index is 1750. The SMILES string of the molecule is COCC1(CN(C)c2cc(-c3ccc(F)c(C(F)(F)F)c3)nc3nc(-c4cnc(N5CCC(OCC(=O)O)CC5)cn4)[nH]c23)CCCC1. The molecule has 0 amide bonds. The molecule has 256 valence electrons. The minimum atomic E-state index is -4.87. The highest BCUT2D eigenvalue weighted by molar-refractivity contribution is 5.91. The number of pyridine rings is 1. The number of fused-ring (bicyclic) bond motifs is 1. The molecule has 2 N–H and O–H groups in total. The lowest BCUT2D eigenvalue weighted by atomic mass is 9.86. The number of aromatic nitrogens is 5. The molecular formula is C33H37F4N7O4. The summed E-state index contributed by atoms with van der Waals surface area (Å²) in [6.07, 6.45) is 3.71. The van der Waals surface area contributed by atoms with Crippen molar-refractivity contribution in [3.8, 4) is 22.8 Å². The quantitative estimate of drug-likeness (QED) is 0.185. The van der Waals surface area contributed by atoms with Crippen LogP contribution in [-0.4, -0.2) is 89.1 Å². The number of aromatic amines is 1. The summed E-state index contributed by atoms with van der Waals surface area (Å²) in [7, 11) is 3.60. The first-order valence-corrected chi connectivity index (χ1v) is 15.8. The number of hydrogen-bond donors (Lipinski definition) is 2. The molecule has 3 aromatic heterocycles. The van der Waals surface area contributed by atoms with E-state index in [4.69, 9.17) is 14.6 Å². The molecule has 4 aromatic rings. The van der Waals surface area contributed by atoms with Crippen LogP contribution in [0.5, 0.6) is 0 Å². The van der Waals surface area contributed by atoms with E-state index >= 15 is 0 Å². The first-order valence-electron chi connectivity index (χ1n) is 15.8. The predicted octanol–water partition coefficient (Wildman–Crippen LogP) is 5.95. The zero-order valence-electron chi connectivity index (χ0n) is 26.7. The van der Waals surface area contributed by atoms with Gasteiger partial charge in [0.2, 0.25) is 0 Å². The maximum Gasteiger partial charge on any atom is 0.419 e. The molecule has 0 atom stereocenters. The average molecular weight is 672 g/mol. The minimum Gasteiger partial charge on any atom is -0.480 e. The second-order valence-corrected chi connectivity index (χ2v) is 12.7. The third kappa shape index (κ3) is 7.21. The van der Waals surface area contributed by atoms with Crippen molar-refractivity contribution in [2.45, 2.75) is 50.8 Å². The number of methoxy groups -OCH3 is 1. The summed E-state index contributed by atoms with van der Waals surface area (Å²) in [6.45, 7) is 2.16. The predicted molar refractivity (Wildman–Crippen MR) is 170 cm³/mol. The second-order valence-electron chi connectivity index (χ2n) is 12.7. The zero-order chi connectivity index (χ0) is 34.1. The van der Waals surface area contributed by atoms with Gasteiger partial charge in [0.25, 0.3) is 0 Å². The number of benzene rings is 1. The van der Waals surface area contributed by atoms with Gasteiger partial charge in [0.1, 0.15) is 29.5 Å². The molecule has 48 heavy (non-hydrogen) atoms. The van der Waals surface area contributed by atoms with Crippen LogP contribution in [0, 0.1) is 11.2 Å². The minimum absolute atomic E-state index is 0.0837. The number of piperidine rings is 1. The van der Waals surface area contributed by atoms with Gasteiger partial charge in [-0.1, -0.05) is 12.8 Å². The molecule has 11 nitrogen and oxygen atoms in total. The summed E-state index contributed by atoms with van der Waals surface area (Å²) in [5.74, 6) is -1.31. The smallest absolute Gasteiger partial charge is 0.419 e. The number of H-pyrrole nitrogens is 1. The van der Waals surface area contributed by atoms with Gasteiger partial charge in [0, 0.05) is 44.8 Å². The number of halogens is 4. The summed E-state index contributed by atoms with van der Waals surface area (Å²) in [5, 5.41) is 8.86. The van der Waals surface area contributed by atoms with Gasteiger partial charge < -0.3 is 29.4 Å². The van der Waals surface area contributed by atoms with E-state index in [0.717, 1.165) is 37.8 Å². The van der Waals surface area contributed by atoms with Crippen LogP contribution in [0.1, 0.15) is 44.1 Å². The Labute approximate surface area is 274 Å². The largest absolute Gasteiger partial charge is 0.480 e. The van der Waals surface area contributed by atoms with E-state index in [-0.39, 0.29) is 35.0 Å². The van der Waals surface area contributed by atoms with Crippen LogP contribution in [0.4, 0.5) is 29.1 Å². The molecule has 4 heterocycles. The highest BCUT2D eigenvalue weighted by Crippen LogP contribution is 2.41. The molecular weight excluding hydrogens is 634 g/mol. The number of nitrogens with zero attached hydrogens (tertiary/aromatic N) is 6. The summed E-state index contributed by atoms with van der Waals surface area (Å²) >= 11 is 0. The van der Waals surface area contributed by atoms with E-state index in [0.29, 0.717) is 67.6 Å². The van der Waals surface area contributed by atoms with Crippen LogP contribution in [0.15, 0.2) is 36.7 Å². The van der Waals surface area contributed by atoms with Crippen LogP contribution in [0.2, 0.25) is 0 Å². The van der Waals surface area contributed by atoms with E-state index in [1.807, 2.05) is 16.8 Å². The lowest BCUT2D eigenvalue weighted by Crippen LogP contribution is -2.38. The molecule has 1 aromatic carbocycles. The average Bonchev–Trinajstić information content (AvgIpc) is 3.71. The molecule has 0 unspecified atom stereocenters. The molecule has 1 saturated heterocycles. The highest BCUT2D eigenvalue weighted by Gasteiger charge is 2.36. The van der Waals surface area contributed by atoms with Crippen molar-refractivity contribution >= 4 is 28.6 Å². The Morgan fingerprint density at radius 1 is 1.10 bits per heavy atom. The number of carboxylic acids is 1. The molecule has 15 heteroatoms. The zero-order valence-corrected chi connectivity index (χ0v) is 26.7. The van der Waals surface area contributed by atoms with Gasteiger partial charge in [-0.2, -0.15) is 13.2 Å². The molecule has 0 spiro atoms. The lowest BCUT2D eigenvalue weighted by Gasteiger charge is -2.34. The van der Waals surface area contributed by atoms with Gasteiger partial charge in [-0.15, -0.1) is 0 Å². The summed E-state index contributed by atoms with van der Waals surface area (Å²) in [5.41, 5.74) is 0.844. The maximum atomic E-state index is 14.2. The number of carboxylic acid groups (broad SMARTS) is 1. The van der Waals surface area contributed by atoms with Crippen LogP contribution >= 0.6 is 0 Å². The Morgan fingerprint density at radius 3 is 2.50 bits per heavy atom. The monoisotopic (exact) mass is 671 g/mol. The first kappa shape index (κ1) is 33.5. The van der Waals surface area contributed by atoms with Crippen molar-refractivity contribution in [2.75, 3.05) is 56.8 Å². The van der Waals surface area contributed by atoms with Crippen LogP contribution in [0.3, 0.4) is 0 Å². The Kier molecular flexibility index (Phi) is 9.52. The standard InChI is InChI=1S/C33H37F4N7O4/c1-43(18-32(19-47-2)9-3-4-10-32)26-14-24(20-5-6-23(34)22(13-20)33(35,36)37)40-31-29(26)41-30(42-31)25-15-39-27(16-38-25)44-11-7-21(8-12-44)48-17-28(45)46/h5-6,13-16,21H,3-4,7-12,17-19H2,1-2H3,(H,45,46)(H,40,41,42). The van der Waals surface area contributed by atoms with E-state index in [2.05, 4.69) is 24.9 Å². The fourth-order valence-electron chi connectivity index (χ4n) is 6.86. The van der Waals surface area contributed by atoms with Crippen molar-refractivity contribution in [1.29, 1.82) is 0 Å². The van der Waals surface area contributed by atoms with Gasteiger partial charge in [0.15, 0.2) is 11.5 Å². The molecule has 1 aliphatic carbocycles. The van der Waals surface area contributed by atoms with Crippen LogP contribution < -0.4 is 9.80 Å². The van der Waals surface area contributed by atoms with E-state index in [1.54, 1.807) is 25.6 Å². The number of rotatable bonds is 11. The maximum absolute atomic E-state index is 14.2. The fourth-order valence-corrected chi connectivity index (χ4v) is 6.86. The molecule has 2 fully saturated rings. The first-order chi connectivity index (χ1) is 22.9. The van der Waals surface area contributed by atoms with Gasteiger partial charge in [-0.3, -0.25) is 0 Å². The number of ether oxygens (including phenoxy) is 2. The van der Waals surface area contributed by atoms with Crippen LogP contribution in [-0.2, 0) is 20.4 Å². The number of imidazole rings is 1. The van der Waals surface area contributed by atoms with Gasteiger partial charge in [-0.05, 0) is 49.9 Å². The highest BCUT2D eigenvalue weighted by atomic mass is 19.4. The van der Waals surface area contributed by atoms with Crippen molar-refractivity contribution < 1.29 is 36.9 Å². The fraction of sp³-hybridized carbons (Fsp3) is 0.485. The van der Waals surface area contributed by atoms with Crippen LogP contribution in [0.25, 0.3) is 33.9 Å². The van der Waals surface area contributed by atoms with Gasteiger partial charge in [-0.25, -0.2) is 29.1 Å². The third-order valence-corrected chi connectivity index (χ3v) is 9.20. The van der Waals surface area contributed by atoms with E-state index < -0.39 is 23.5 Å². The number of anilines is 2. The topological polar surface area (TPSA) is 130 Å². The number of carbonyl (C=O) groups is 1. The van der Waals surface area contributed by atoms with E-state index in [1.165, 1.54) is 6.07 Å². The van der Waals surface area contributed by atoms with Crippen molar-refractivity contribution in [2.24, 2.45) is 5.41 Å². The molecule has 0 radical (unpaired) electrons. The van der Waals surface area contributed by atoms with Gasteiger partial charge >= 0.3 is 12.1 Å². The molecule has 1 aliphatic heterocycles. The van der Waals surface area contributed by atoms with E-state index in [9.17, 15) is 22.4 Å². The Morgan fingerprint density at radius 2 is 1.85 bits per heavy atom. The van der Waals surface area contributed by atoms with Gasteiger partial charge in [0.05, 0.1) is 42.0 Å². The molecule has 2 aliphatic rings.